The summed E-state index contributed by atoms with van der Waals surface area (Å²) in [6.45, 7) is 6.61. The number of hydrogen-bond donors (Lipinski definition) is 0. The van der Waals surface area contributed by atoms with E-state index in [-0.39, 0.29) is 5.41 Å². The van der Waals surface area contributed by atoms with Gasteiger partial charge < -0.3 is 9.90 Å². The number of carboxylic acids is 1. The SMILES string of the molecule is CC(C)(C)[C@H]1CC=C(C(=O)[O-])CC1. The number of allylic oxidation sites excluding steroid dienone is 1. The van der Waals surface area contributed by atoms with Crippen LogP contribution in [0.5, 0.6) is 0 Å². The Balaban J connectivity index is 2.61. The average Bonchev–Trinajstić information content (AvgIpc) is 2.03. The van der Waals surface area contributed by atoms with E-state index in [1.165, 1.54) is 0 Å². The van der Waals surface area contributed by atoms with Gasteiger partial charge in [-0.25, -0.2) is 0 Å². The van der Waals surface area contributed by atoms with E-state index < -0.39 is 5.97 Å². The molecule has 0 aromatic carbocycles. The molecule has 0 unspecified atom stereocenters. The van der Waals surface area contributed by atoms with E-state index in [2.05, 4.69) is 20.8 Å². The highest BCUT2D eigenvalue weighted by Gasteiger charge is 2.26. The van der Waals surface area contributed by atoms with Crippen LogP contribution in [0.2, 0.25) is 0 Å². The summed E-state index contributed by atoms with van der Waals surface area (Å²) in [5.74, 6) is -0.386. The first kappa shape index (κ1) is 10.3. The fraction of sp³-hybridized carbons (Fsp3) is 0.727. The Morgan fingerprint density at radius 3 is 2.46 bits per heavy atom. The van der Waals surface area contributed by atoms with Crippen molar-refractivity contribution in [3.8, 4) is 0 Å². The van der Waals surface area contributed by atoms with Gasteiger partial charge in [-0.3, -0.25) is 0 Å². The fourth-order valence-electron chi connectivity index (χ4n) is 1.81. The summed E-state index contributed by atoms with van der Waals surface area (Å²) in [5.41, 5.74) is 0.772. The molecule has 74 valence electrons. The third kappa shape index (κ3) is 2.58. The quantitative estimate of drug-likeness (QED) is 0.615. The number of carboxylic acid groups (broad SMARTS) is 1. The summed E-state index contributed by atoms with van der Waals surface area (Å²) < 4.78 is 0. The van der Waals surface area contributed by atoms with Crippen LogP contribution in [0.4, 0.5) is 0 Å². The molecule has 0 bridgehead atoms. The Morgan fingerprint density at radius 2 is 2.15 bits per heavy atom. The smallest absolute Gasteiger partial charge is 0.0671 e. The molecule has 0 heterocycles. The van der Waals surface area contributed by atoms with Gasteiger partial charge in [-0.05, 0) is 36.2 Å². The van der Waals surface area contributed by atoms with E-state index >= 15 is 0 Å². The van der Waals surface area contributed by atoms with Crippen LogP contribution in [0, 0.1) is 11.3 Å². The van der Waals surface area contributed by atoms with Crippen molar-refractivity contribution in [1.29, 1.82) is 0 Å². The molecule has 1 aliphatic rings. The molecule has 2 heteroatoms. The zero-order valence-electron chi connectivity index (χ0n) is 8.59. The van der Waals surface area contributed by atoms with Crippen molar-refractivity contribution in [2.75, 3.05) is 0 Å². The van der Waals surface area contributed by atoms with E-state index in [0.29, 0.717) is 17.9 Å². The molecule has 1 atom stereocenters. The van der Waals surface area contributed by atoms with Gasteiger partial charge in [-0.1, -0.05) is 26.8 Å². The number of carbonyl (C=O) groups excluding carboxylic acids is 1. The number of rotatable bonds is 1. The highest BCUT2D eigenvalue weighted by Crippen LogP contribution is 2.36. The van der Waals surface area contributed by atoms with E-state index in [0.717, 1.165) is 12.8 Å². The summed E-state index contributed by atoms with van der Waals surface area (Å²) >= 11 is 0. The van der Waals surface area contributed by atoms with Gasteiger partial charge in [0, 0.05) is 0 Å². The minimum Gasteiger partial charge on any atom is -0.545 e. The maximum absolute atomic E-state index is 10.5. The van der Waals surface area contributed by atoms with Gasteiger partial charge in [-0.15, -0.1) is 0 Å². The molecule has 0 aliphatic heterocycles. The summed E-state index contributed by atoms with van der Waals surface area (Å²) in [7, 11) is 0. The zero-order chi connectivity index (χ0) is 10.1. The minimum atomic E-state index is -0.993. The molecule has 13 heavy (non-hydrogen) atoms. The van der Waals surface area contributed by atoms with Crippen molar-refractivity contribution in [1.82, 2.24) is 0 Å². The molecule has 0 aromatic heterocycles. The van der Waals surface area contributed by atoms with Crippen LogP contribution in [0.25, 0.3) is 0 Å². The van der Waals surface area contributed by atoms with Crippen LogP contribution < -0.4 is 5.11 Å². The fourth-order valence-corrected chi connectivity index (χ4v) is 1.81. The number of carbonyl (C=O) groups is 1. The normalized spacial score (nSPS) is 23.9. The van der Waals surface area contributed by atoms with Crippen molar-refractivity contribution in [3.63, 3.8) is 0 Å². The lowest BCUT2D eigenvalue weighted by Crippen LogP contribution is -2.29. The van der Waals surface area contributed by atoms with E-state index in [9.17, 15) is 9.90 Å². The van der Waals surface area contributed by atoms with Crippen LogP contribution >= 0.6 is 0 Å². The topological polar surface area (TPSA) is 40.1 Å². The number of aliphatic carboxylic acids is 1. The Bertz CT molecular complexity index is 233. The number of hydrogen-bond acceptors (Lipinski definition) is 2. The summed E-state index contributed by atoms with van der Waals surface area (Å²) in [6, 6.07) is 0. The first-order valence-electron chi connectivity index (χ1n) is 4.81. The first-order chi connectivity index (χ1) is 5.91. The second-order valence-corrected chi connectivity index (χ2v) is 4.85. The van der Waals surface area contributed by atoms with Crippen molar-refractivity contribution in [3.05, 3.63) is 11.6 Å². The predicted molar refractivity (Wildman–Crippen MR) is 49.9 cm³/mol. The van der Waals surface area contributed by atoms with Crippen LogP contribution in [-0.2, 0) is 4.79 Å². The molecule has 0 fully saturated rings. The van der Waals surface area contributed by atoms with E-state index in [1.807, 2.05) is 6.08 Å². The molecule has 0 saturated carbocycles. The van der Waals surface area contributed by atoms with Crippen LogP contribution in [0.3, 0.4) is 0 Å². The Morgan fingerprint density at radius 1 is 1.54 bits per heavy atom. The zero-order valence-corrected chi connectivity index (χ0v) is 8.59. The standard InChI is InChI=1S/C11H18O2/c1-11(2,3)9-6-4-8(5-7-9)10(12)13/h4,9H,5-7H2,1-3H3,(H,12,13)/p-1/t9-/m0/s1. The molecule has 0 spiro atoms. The Kier molecular flexibility index (Phi) is 2.79. The summed E-state index contributed by atoms with van der Waals surface area (Å²) in [5, 5.41) is 10.5. The molecule has 2 nitrogen and oxygen atoms in total. The van der Waals surface area contributed by atoms with Gasteiger partial charge in [-0.2, -0.15) is 0 Å². The molecule has 0 N–H and O–H groups in total. The maximum atomic E-state index is 10.5. The molecule has 1 rings (SSSR count). The molecular weight excluding hydrogens is 164 g/mol. The van der Waals surface area contributed by atoms with E-state index in [4.69, 9.17) is 0 Å². The lowest BCUT2D eigenvalue weighted by Gasteiger charge is -2.33. The predicted octanol–water partition coefficient (Wildman–Crippen LogP) is 1.51. The third-order valence-electron chi connectivity index (χ3n) is 2.90. The molecular formula is C11H17O2-. The van der Waals surface area contributed by atoms with Crippen LogP contribution in [0.15, 0.2) is 11.6 Å². The van der Waals surface area contributed by atoms with Gasteiger partial charge >= 0.3 is 0 Å². The van der Waals surface area contributed by atoms with Gasteiger partial charge in [0.2, 0.25) is 0 Å². The highest BCUT2D eigenvalue weighted by atomic mass is 16.4. The van der Waals surface area contributed by atoms with Gasteiger partial charge in [0.1, 0.15) is 0 Å². The Labute approximate surface area is 79.6 Å². The van der Waals surface area contributed by atoms with E-state index in [1.54, 1.807) is 0 Å². The second kappa shape index (κ2) is 3.52. The van der Waals surface area contributed by atoms with Gasteiger partial charge in [0.15, 0.2) is 0 Å². The molecule has 0 radical (unpaired) electrons. The highest BCUT2D eigenvalue weighted by molar-refractivity contribution is 5.84. The van der Waals surface area contributed by atoms with Crippen molar-refractivity contribution in [2.45, 2.75) is 40.0 Å². The molecule has 0 amide bonds. The molecule has 0 saturated heterocycles. The summed E-state index contributed by atoms with van der Waals surface area (Å²) in [4.78, 5) is 10.5. The minimum absolute atomic E-state index is 0.286. The maximum Gasteiger partial charge on any atom is 0.0671 e. The molecule has 0 aromatic rings. The monoisotopic (exact) mass is 181 g/mol. The van der Waals surface area contributed by atoms with Gasteiger partial charge in [0.05, 0.1) is 5.97 Å². The van der Waals surface area contributed by atoms with Crippen molar-refractivity contribution in [2.24, 2.45) is 11.3 Å². The lowest BCUT2D eigenvalue weighted by atomic mass is 9.73. The summed E-state index contributed by atoms with van der Waals surface area (Å²) in [6.07, 6.45) is 4.36. The lowest BCUT2D eigenvalue weighted by molar-refractivity contribution is -0.299. The van der Waals surface area contributed by atoms with Crippen LogP contribution in [0.1, 0.15) is 40.0 Å². The average molecular weight is 181 g/mol. The van der Waals surface area contributed by atoms with Crippen molar-refractivity contribution >= 4 is 5.97 Å². The third-order valence-corrected chi connectivity index (χ3v) is 2.90. The first-order valence-corrected chi connectivity index (χ1v) is 4.81. The van der Waals surface area contributed by atoms with Crippen molar-refractivity contribution < 1.29 is 9.90 Å². The Hall–Kier alpha value is -0.790. The largest absolute Gasteiger partial charge is 0.545 e. The van der Waals surface area contributed by atoms with Gasteiger partial charge in [0.25, 0.3) is 0 Å². The molecule has 1 aliphatic carbocycles. The van der Waals surface area contributed by atoms with Crippen LogP contribution in [-0.4, -0.2) is 5.97 Å². The second-order valence-electron chi connectivity index (χ2n) is 4.85.